The summed E-state index contributed by atoms with van der Waals surface area (Å²) in [6.45, 7) is 48.2. The smallest absolute Gasteiger partial charge is 0.0705 e. The van der Waals surface area contributed by atoms with Crippen LogP contribution in [0.4, 0.5) is 0 Å². The maximum Gasteiger partial charge on any atom is 0.0705 e. The van der Waals surface area contributed by atoms with Gasteiger partial charge in [-0.15, -0.1) is 0 Å². The van der Waals surface area contributed by atoms with Crippen LogP contribution in [0, 0.1) is 21.7 Å². The van der Waals surface area contributed by atoms with Crippen LogP contribution in [0.1, 0.15) is 208 Å². The Morgan fingerprint density at radius 2 is 0.489 bits per heavy atom. The largest absolute Gasteiger partial charge is 0.264 e. The van der Waals surface area contributed by atoms with E-state index < -0.39 is 0 Å². The van der Waals surface area contributed by atoms with Gasteiger partial charge in [0.05, 0.1) is 22.1 Å². The Hall–Kier alpha value is -8.22. The average Bonchev–Trinajstić information content (AvgIpc) is 0.849. The van der Waals surface area contributed by atoms with Crippen molar-refractivity contribution in [3.05, 3.63) is 255 Å². The van der Waals surface area contributed by atoms with Crippen LogP contribution in [0.5, 0.6) is 0 Å². The lowest BCUT2D eigenvalue weighted by atomic mass is 9.86. The Kier molecular flexibility index (Phi) is 43.5. The van der Waals surface area contributed by atoms with Gasteiger partial charge in [0.1, 0.15) is 0 Å². The molecule has 6 aromatic carbocycles. The fourth-order valence-electron chi connectivity index (χ4n) is 7.10. The molecule has 0 N–H and O–H groups in total. The van der Waals surface area contributed by atoms with Crippen LogP contribution in [0.25, 0.3) is 65.2 Å². The van der Waals surface area contributed by atoms with Crippen molar-refractivity contribution in [3.63, 3.8) is 0 Å². The van der Waals surface area contributed by atoms with E-state index in [1.54, 1.807) is 0 Å². The van der Waals surface area contributed by atoms with Gasteiger partial charge in [-0.1, -0.05) is 336 Å². The van der Waals surface area contributed by atoms with E-state index in [1.165, 1.54) is 48.7 Å². The first-order chi connectivity index (χ1) is 41.0. The summed E-state index contributed by atoms with van der Waals surface area (Å²) < 4.78 is 0. The van der Waals surface area contributed by atoms with Gasteiger partial charge in [0.2, 0.25) is 0 Å². The zero-order chi connectivity index (χ0) is 65.6. The molecule has 12 rings (SSSR count). The maximum atomic E-state index is 4.65. The van der Waals surface area contributed by atoms with E-state index in [4.69, 9.17) is 0 Å². The summed E-state index contributed by atoms with van der Waals surface area (Å²) in [6.07, 6.45) is 12.8. The Balaban J connectivity index is -0.000000485. The van der Waals surface area contributed by atoms with Gasteiger partial charge in [0.25, 0.3) is 0 Å². The van der Waals surface area contributed by atoms with E-state index >= 15 is 0 Å². The molecular weight excluding hydrogens is 1140 g/mol. The third-order valence-electron chi connectivity index (χ3n) is 11.0. The molecule has 12 aromatic rings. The minimum Gasteiger partial charge on any atom is -0.264 e. The second kappa shape index (κ2) is 44.4. The summed E-state index contributed by atoms with van der Waals surface area (Å²) in [6, 6.07) is 67.6. The lowest BCUT2D eigenvalue weighted by Gasteiger charge is -2.19. The second-order valence-corrected chi connectivity index (χ2v) is 30.1. The summed E-state index contributed by atoms with van der Waals surface area (Å²) in [4.78, 5) is 25.4. The molecule has 0 atom stereocenters. The highest BCUT2D eigenvalue weighted by Crippen LogP contribution is 2.26. The Bertz CT molecular complexity index is 3170. The Morgan fingerprint density at radius 3 is 0.809 bits per heavy atom. The molecule has 6 heterocycles. The van der Waals surface area contributed by atoms with E-state index in [1.807, 2.05) is 147 Å². The van der Waals surface area contributed by atoms with Crippen LogP contribution >= 0.6 is 0 Å². The van der Waals surface area contributed by atoms with Crippen LogP contribution in [-0.2, 0) is 10.8 Å². The van der Waals surface area contributed by atoms with E-state index in [-0.39, 0.29) is 55.4 Å². The molecular formula is C88H130N6. The molecule has 94 heavy (non-hydrogen) atoms. The molecule has 0 aliphatic carbocycles. The zero-order valence-corrected chi connectivity index (χ0v) is 57.8. The standard InChI is InChI=1S/2C13H15N.4C9H7N.4C5H12.6CH4/c1-13(2,3)11-7-6-10-5-4-8-14-12(10)9-11;1-13(2,3)12-9-8-10-6-4-5-7-11(10)14-12;2*1-2-6-9-8(4-1)5-3-7-10-9;2*1-2-4-9-7-10-6-5-8(9)3-1;4*1-5(2,3)4;;;;;;/h2*4-9H,1-3H3;4*1-7H;4*1-4H3;6*1H4. The average molecular weight is 1270 g/mol. The Morgan fingerprint density at radius 1 is 0.223 bits per heavy atom. The SMILES string of the molecule is C.C.C.C.C.C.CC(C)(C)C.CC(C)(C)C.CC(C)(C)C.CC(C)(C)C.CC(C)(C)c1ccc2ccccc2n1.CC(C)(C)c1ccc2cccnc2c1.c1ccc2cnccc2c1.c1ccc2cnccc2c1.c1ccc2ncccc2c1.c1ccc2ncccc2c1. The fraction of sp³-hybridized carbons (Fsp3) is 0.386. The number of rotatable bonds is 0. The van der Waals surface area contributed by atoms with Crippen LogP contribution in [0.3, 0.4) is 0 Å². The topological polar surface area (TPSA) is 77.3 Å². The molecule has 0 saturated heterocycles. The molecule has 0 fully saturated rings. The van der Waals surface area contributed by atoms with E-state index in [0.717, 1.165) is 27.8 Å². The van der Waals surface area contributed by atoms with Gasteiger partial charge < -0.3 is 0 Å². The fourth-order valence-corrected chi connectivity index (χ4v) is 7.10. The van der Waals surface area contributed by atoms with Crippen molar-refractivity contribution < 1.29 is 0 Å². The number of hydrogen-bond acceptors (Lipinski definition) is 6. The highest BCUT2D eigenvalue weighted by Gasteiger charge is 2.15. The monoisotopic (exact) mass is 1270 g/mol. The number of fused-ring (bicyclic) bond motifs is 6. The number of nitrogens with zero attached hydrogens (tertiary/aromatic N) is 6. The van der Waals surface area contributed by atoms with Crippen LogP contribution < -0.4 is 0 Å². The van der Waals surface area contributed by atoms with E-state index in [2.05, 4.69) is 279 Å². The quantitative estimate of drug-likeness (QED) is 0.151. The number of para-hydroxylation sites is 3. The molecule has 0 bridgehead atoms. The molecule has 6 heteroatoms. The van der Waals surface area contributed by atoms with Crippen molar-refractivity contribution in [3.8, 4) is 0 Å². The minimum atomic E-state index is 0. The summed E-state index contributed by atoms with van der Waals surface area (Å²) in [7, 11) is 0. The summed E-state index contributed by atoms with van der Waals surface area (Å²) in [5.74, 6) is 0. The Labute approximate surface area is 576 Å². The molecule has 0 aliphatic heterocycles. The van der Waals surface area contributed by atoms with Crippen molar-refractivity contribution in [1.29, 1.82) is 0 Å². The van der Waals surface area contributed by atoms with Crippen molar-refractivity contribution >= 4 is 65.2 Å². The van der Waals surface area contributed by atoms with Gasteiger partial charge in [-0.05, 0) is 115 Å². The van der Waals surface area contributed by atoms with Crippen molar-refractivity contribution in [2.24, 2.45) is 21.7 Å². The van der Waals surface area contributed by atoms with E-state index in [9.17, 15) is 0 Å². The molecule has 0 radical (unpaired) electrons. The minimum absolute atomic E-state index is 0. The number of hydrogen-bond donors (Lipinski definition) is 0. The van der Waals surface area contributed by atoms with Crippen LogP contribution in [0.2, 0.25) is 0 Å². The predicted molar refractivity (Wildman–Crippen MR) is 429 cm³/mol. The van der Waals surface area contributed by atoms with Gasteiger partial charge in [-0.3, -0.25) is 29.9 Å². The highest BCUT2D eigenvalue weighted by atomic mass is 14.7. The molecule has 6 aromatic heterocycles. The first-order valence-corrected chi connectivity index (χ1v) is 30.9. The highest BCUT2D eigenvalue weighted by molar-refractivity contribution is 5.83. The maximum absolute atomic E-state index is 4.65. The molecule has 6 nitrogen and oxygen atoms in total. The normalized spacial score (nSPS) is 10.4. The van der Waals surface area contributed by atoms with Gasteiger partial charge in [-0.2, -0.15) is 0 Å². The van der Waals surface area contributed by atoms with Crippen LogP contribution in [0.15, 0.2) is 244 Å². The predicted octanol–water partition coefficient (Wildman–Crippen LogP) is 28.0. The third kappa shape index (κ3) is 42.8. The second-order valence-electron chi connectivity index (χ2n) is 30.1. The van der Waals surface area contributed by atoms with Gasteiger partial charge in [-0.25, -0.2) is 0 Å². The summed E-state index contributed by atoms with van der Waals surface area (Å²) in [5.41, 5.74) is 9.10. The van der Waals surface area contributed by atoms with Gasteiger partial charge in [0, 0.05) is 76.0 Å². The summed E-state index contributed by atoms with van der Waals surface area (Å²) >= 11 is 0. The van der Waals surface area contributed by atoms with Crippen LogP contribution in [-0.4, -0.2) is 29.9 Å². The van der Waals surface area contributed by atoms with Crippen molar-refractivity contribution in [1.82, 2.24) is 29.9 Å². The van der Waals surface area contributed by atoms with Gasteiger partial charge >= 0.3 is 0 Å². The third-order valence-corrected chi connectivity index (χ3v) is 11.0. The first kappa shape index (κ1) is 92.2. The summed E-state index contributed by atoms with van der Waals surface area (Å²) in [5, 5.41) is 9.71. The molecule has 0 aliphatic rings. The number of benzene rings is 6. The molecule has 512 valence electrons. The van der Waals surface area contributed by atoms with Gasteiger partial charge in [0.15, 0.2) is 0 Å². The number of aromatic nitrogens is 6. The van der Waals surface area contributed by atoms with E-state index in [0.29, 0.717) is 21.7 Å². The number of pyridine rings is 6. The molecule has 0 spiro atoms. The lowest BCUT2D eigenvalue weighted by molar-refractivity contribution is 0.469. The molecule has 0 saturated carbocycles. The first-order valence-electron chi connectivity index (χ1n) is 30.9. The molecule has 0 unspecified atom stereocenters. The van der Waals surface area contributed by atoms with Crippen molar-refractivity contribution in [2.45, 2.75) is 208 Å². The molecule has 0 amide bonds. The zero-order valence-electron chi connectivity index (χ0n) is 57.8. The lowest BCUT2D eigenvalue weighted by Crippen LogP contribution is -2.13. The van der Waals surface area contributed by atoms with Crippen molar-refractivity contribution in [2.75, 3.05) is 0 Å².